The Labute approximate surface area is 127 Å². The third-order valence-electron chi connectivity index (χ3n) is 3.48. The summed E-state index contributed by atoms with van der Waals surface area (Å²) < 4.78 is 6.07. The summed E-state index contributed by atoms with van der Waals surface area (Å²) in [5.74, 6) is 1.99. The lowest BCUT2D eigenvalue weighted by Gasteiger charge is -2.15. The van der Waals surface area contributed by atoms with Gasteiger partial charge in [-0.05, 0) is 49.4 Å². The fraction of sp³-hybridized carbons (Fsp3) is 0.389. The van der Waals surface area contributed by atoms with Crippen molar-refractivity contribution in [2.75, 3.05) is 0 Å². The van der Waals surface area contributed by atoms with E-state index in [0.29, 0.717) is 11.8 Å². The second-order valence-corrected chi connectivity index (χ2v) is 5.93. The molecule has 0 spiro atoms. The number of aryl methyl sites for hydroxylation is 1. The first kappa shape index (κ1) is 15.5. The first-order valence-electron chi connectivity index (χ1n) is 7.45. The predicted molar refractivity (Wildman–Crippen MR) is 86.9 cm³/mol. The van der Waals surface area contributed by atoms with Crippen molar-refractivity contribution in [2.45, 2.75) is 46.1 Å². The van der Waals surface area contributed by atoms with Crippen molar-refractivity contribution in [1.29, 1.82) is 0 Å². The van der Waals surface area contributed by atoms with Crippen LogP contribution in [-0.2, 0) is 6.42 Å². The number of pyridine rings is 1. The Morgan fingerprint density at radius 1 is 1.19 bits per heavy atom. The molecule has 0 aliphatic carbocycles. The zero-order valence-corrected chi connectivity index (χ0v) is 13.3. The van der Waals surface area contributed by atoms with Crippen LogP contribution in [0, 0.1) is 6.92 Å². The molecule has 3 heteroatoms. The molecule has 1 heterocycles. The molecule has 1 aromatic carbocycles. The number of nitrogens with two attached hydrogens (primary N) is 1. The Bertz CT molecular complexity index is 606. The van der Waals surface area contributed by atoms with Crippen LogP contribution in [0.1, 0.15) is 43.4 Å². The van der Waals surface area contributed by atoms with Crippen LogP contribution in [0.15, 0.2) is 36.5 Å². The summed E-state index contributed by atoms with van der Waals surface area (Å²) in [5, 5.41) is 0. The van der Waals surface area contributed by atoms with Crippen LogP contribution in [0.5, 0.6) is 11.6 Å². The van der Waals surface area contributed by atoms with E-state index < -0.39 is 0 Å². The minimum absolute atomic E-state index is 0.0830. The molecule has 0 amide bonds. The highest BCUT2D eigenvalue weighted by molar-refractivity contribution is 5.41. The van der Waals surface area contributed by atoms with Crippen molar-refractivity contribution < 1.29 is 4.74 Å². The molecule has 21 heavy (non-hydrogen) atoms. The quantitative estimate of drug-likeness (QED) is 0.895. The van der Waals surface area contributed by atoms with E-state index in [1.165, 1.54) is 5.56 Å². The molecule has 3 nitrogen and oxygen atoms in total. The van der Waals surface area contributed by atoms with Crippen molar-refractivity contribution in [3.05, 3.63) is 53.2 Å². The summed E-state index contributed by atoms with van der Waals surface area (Å²) in [4.78, 5) is 4.36. The van der Waals surface area contributed by atoms with Gasteiger partial charge in [-0.15, -0.1) is 0 Å². The zero-order chi connectivity index (χ0) is 15.4. The fourth-order valence-electron chi connectivity index (χ4n) is 2.21. The summed E-state index contributed by atoms with van der Waals surface area (Å²) in [6, 6.07) is 10.4. The second-order valence-electron chi connectivity index (χ2n) is 5.93. The summed E-state index contributed by atoms with van der Waals surface area (Å²) >= 11 is 0. The van der Waals surface area contributed by atoms with Gasteiger partial charge in [-0.3, -0.25) is 0 Å². The third kappa shape index (κ3) is 4.05. The second kappa shape index (κ2) is 6.72. The SMILES string of the molecule is Cc1ccc(C(C)C)cc1Oc1ncccc1CC(C)N. The zero-order valence-electron chi connectivity index (χ0n) is 13.3. The van der Waals surface area contributed by atoms with Gasteiger partial charge in [-0.2, -0.15) is 0 Å². The standard InChI is InChI=1S/C18H24N2O/c1-12(2)15-8-7-13(3)17(11-15)21-18-16(10-14(4)19)6-5-9-20-18/h5-9,11-12,14H,10,19H2,1-4H3. The molecule has 1 unspecified atom stereocenters. The number of hydrogen-bond donors (Lipinski definition) is 1. The molecule has 2 N–H and O–H groups in total. The van der Waals surface area contributed by atoms with Gasteiger partial charge in [0.25, 0.3) is 0 Å². The van der Waals surface area contributed by atoms with E-state index >= 15 is 0 Å². The fourth-order valence-corrected chi connectivity index (χ4v) is 2.21. The monoisotopic (exact) mass is 284 g/mol. The topological polar surface area (TPSA) is 48.1 Å². The molecule has 0 saturated heterocycles. The molecule has 0 fully saturated rings. The van der Waals surface area contributed by atoms with E-state index in [1.54, 1.807) is 6.20 Å². The summed E-state index contributed by atoms with van der Waals surface area (Å²) in [7, 11) is 0. The van der Waals surface area contributed by atoms with E-state index in [1.807, 2.05) is 26.0 Å². The smallest absolute Gasteiger partial charge is 0.222 e. The molecule has 0 radical (unpaired) electrons. The average Bonchev–Trinajstić information content (AvgIpc) is 2.42. The largest absolute Gasteiger partial charge is 0.438 e. The summed E-state index contributed by atoms with van der Waals surface area (Å²) in [6.07, 6.45) is 2.51. The molecule has 0 saturated carbocycles. The Kier molecular flexibility index (Phi) is 4.97. The molecule has 112 valence electrons. The first-order chi connectivity index (χ1) is 9.97. The molecule has 0 aliphatic rings. The molecular weight excluding hydrogens is 260 g/mol. The van der Waals surface area contributed by atoms with Gasteiger partial charge in [0, 0.05) is 17.8 Å². The number of aromatic nitrogens is 1. The maximum absolute atomic E-state index is 6.07. The van der Waals surface area contributed by atoms with Gasteiger partial charge in [-0.1, -0.05) is 32.0 Å². The van der Waals surface area contributed by atoms with Crippen LogP contribution >= 0.6 is 0 Å². The third-order valence-corrected chi connectivity index (χ3v) is 3.48. The lowest BCUT2D eigenvalue weighted by molar-refractivity contribution is 0.450. The Morgan fingerprint density at radius 2 is 1.95 bits per heavy atom. The maximum Gasteiger partial charge on any atom is 0.222 e. The van der Waals surface area contributed by atoms with Gasteiger partial charge in [0.05, 0.1) is 0 Å². The maximum atomic E-state index is 6.07. The van der Waals surface area contributed by atoms with Crippen LogP contribution in [0.3, 0.4) is 0 Å². The van der Waals surface area contributed by atoms with Crippen molar-refractivity contribution >= 4 is 0 Å². The van der Waals surface area contributed by atoms with Crippen LogP contribution in [-0.4, -0.2) is 11.0 Å². The van der Waals surface area contributed by atoms with Crippen molar-refractivity contribution in [3.63, 3.8) is 0 Å². The highest BCUT2D eigenvalue weighted by Crippen LogP contribution is 2.29. The predicted octanol–water partition coefficient (Wildman–Crippen LogP) is 4.20. The lowest BCUT2D eigenvalue weighted by atomic mass is 10.0. The number of benzene rings is 1. The van der Waals surface area contributed by atoms with Crippen molar-refractivity contribution in [3.8, 4) is 11.6 Å². The number of nitrogens with zero attached hydrogens (tertiary/aromatic N) is 1. The van der Waals surface area contributed by atoms with Gasteiger partial charge < -0.3 is 10.5 Å². The van der Waals surface area contributed by atoms with Crippen LogP contribution < -0.4 is 10.5 Å². The normalized spacial score (nSPS) is 12.5. The molecule has 0 bridgehead atoms. The van der Waals surface area contributed by atoms with Gasteiger partial charge in [-0.25, -0.2) is 4.98 Å². The number of ether oxygens (including phenoxy) is 1. The first-order valence-corrected chi connectivity index (χ1v) is 7.45. The number of rotatable bonds is 5. The molecule has 2 aromatic rings. The van der Waals surface area contributed by atoms with E-state index in [-0.39, 0.29) is 6.04 Å². The molecule has 1 atom stereocenters. The van der Waals surface area contributed by atoms with Gasteiger partial charge in [0.2, 0.25) is 5.88 Å². The van der Waals surface area contributed by atoms with E-state index in [0.717, 1.165) is 23.3 Å². The van der Waals surface area contributed by atoms with Crippen LogP contribution in [0.2, 0.25) is 0 Å². The minimum atomic E-state index is 0.0830. The van der Waals surface area contributed by atoms with Crippen LogP contribution in [0.25, 0.3) is 0 Å². The van der Waals surface area contributed by atoms with E-state index in [2.05, 4.69) is 37.0 Å². The van der Waals surface area contributed by atoms with Gasteiger partial charge in [0.15, 0.2) is 0 Å². The van der Waals surface area contributed by atoms with Gasteiger partial charge >= 0.3 is 0 Å². The Balaban J connectivity index is 2.32. The highest BCUT2D eigenvalue weighted by Gasteiger charge is 2.11. The highest BCUT2D eigenvalue weighted by atomic mass is 16.5. The molecule has 1 aromatic heterocycles. The molecule has 0 aliphatic heterocycles. The van der Waals surface area contributed by atoms with Crippen LogP contribution in [0.4, 0.5) is 0 Å². The van der Waals surface area contributed by atoms with E-state index in [9.17, 15) is 0 Å². The minimum Gasteiger partial charge on any atom is -0.438 e. The van der Waals surface area contributed by atoms with Crippen molar-refractivity contribution in [1.82, 2.24) is 4.98 Å². The Morgan fingerprint density at radius 3 is 2.62 bits per heavy atom. The molecular formula is C18H24N2O. The van der Waals surface area contributed by atoms with Crippen molar-refractivity contribution in [2.24, 2.45) is 5.73 Å². The average molecular weight is 284 g/mol. The lowest BCUT2D eigenvalue weighted by Crippen LogP contribution is -2.18. The summed E-state index contributed by atoms with van der Waals surface area (Å²) in [6.45, 7) is 8.39. The molecule has 2 rings (SSSR count). The Hall–Kier alpha value is -1.87. The van der Waals surface area contributed by atoms with E-state index in [4.69, 9.17) is 10.5 Å². The number of hydrogen-bond acceptors (Lipinski definition) is 3. The van der Waals surface area contributed by atoms with Gasteiger partial charge in [0.1, 0.15) is 5.75 Å². The summed E-state index contributed by atoms with van der Waals surface area (Å²) in [5.41, 5.74) is 9.31.